The zero-order valence-corrected chi connectivity index (χ0v) is 15.6. The molecule has 1 unspecified atom stereocenters. The standard InChI is InChI=1S/C21H24N2O2.ClH/c22-12-15-6-5-11-23(13-15)21(24)25-14-20-18-9-3-1-7-16(18)17-8-2-4-10-19(17)20;/h1-4,7-10,15,20H,5-6,11-14,22H2;1H. The second-order valence-corrected chi connectivity index (χ2v) is 6.99. The Kier molecular flexibility index (Phi) is 5.84. The van der Waals surface area contributed by atoms with Gasteiger partial charge in [-0.15, -0.1) is 12.4 Å². The fourth-order valence-electron chi connectivity index (χ4n) is 4.11. The largest absolute Gasteiger partial charge is 0.448 e. The second kappa shape index (κ2) is 8.11. The highest BCUT2D eigenvalue weighted by Crippen LogP contribution is 2.44. The van der Waals surface area contributed by atoms with Crippen molar-refractivity contribution in [1.82, 2.24) is 4.90 Å². The third kappa shape index (κ3) is 3.44. The highest BCUT2D eigenvalue weighted by atomic mass is 35.5. The SMILES string of the molecule is Cl.NCC1CCCN(C(=O)OCC2c3ccccc3-c3ccccc32)C1. The molecule has 138 valence electrons. The van der Waals surface area contributed by atoms with Gasteiger partial charge in [-0.2, -0.15) is 0 Å². The van der Waals surface area contributed by atoms with Crippen LogP contribution in [0.15, 0.2) is 48.5 Å². The van der Waals surface area contributed by atoms with E-state index in [1.54, 1.807) is 0 Å². The molecule has 2 aromatic rings. The van der Waals surface area contributed by atoms with Crippen LogP contribution in [-0.4, -0.2) is 37.2 Å². The van der Waals surface area contributed by atoms with E-state index in [4.69, 9.17) is 10.5 Å². The van der Waals surface area contributed by atoms with Gasteiger partial charge in [0, 0.05) is 19.0 Å². The molecule has 26 heavy (non-hydrogen) atoms. The van der Waals surface area contributed by atoms with Gasteiger partial charge in [-0.05, 0) is 47.6 Å². The summed E-state index contributed by atoms with van der Waals surface area (Å²) in [6.45, 7) is 2.50. The molecule has 0 radical (unpaired) electrons. The number of nitrogens with two attached hydrogens (primary N) is 1. The number of likely N-dealkylation sites (tertiary alicyclic amines) is 1. The maximum absolute atomic E-state index is 12.5. The lowest BCUT2D eigenvalue weighted by molar-refractivity contribution is 0.0832. The van der Waals surface area contributed by atoms with Crippen LogP contribution in [0.3, 0.4) is 0 Å². The number of hydrogen-bond acceptors (Lipinski definition) is 3. The molecule has 0 saturated carbocycles. The van der Waals surface area contributed by atoms with Crippen LogP contribution in [0, 0.1) is 5.92 Å². The number of nitrogens with zero attached hydrogens (tertiary/aromatic N) is 1. The minimum atomic E-state index is -0.208. The summed E-state index contributed by atoms with van der Waals surface area (Å²) in [5.41, 5.74) is 10.8. The highest BCUT2D eigenvalue weighted by molar-refractivity contribution is 5.85. The Morgan fingerprint density at radius 1 is 1.08 bits per heavy atom. The molecule has 5 heteroatoms. The molecule has 4 rings (SSSR count). The topological polar surface area (TPSA) is 55.6 Å². The molecule has 1 fully saturated rings. The molecule has 1 amide bonds. The number of ether oxygens (including phenoxy) is 1. The lowest BCUT2D eigenvalue weighted by Gasteiger charge is -2.31. The van der Waals surface area contributed by atoms with E-state index >= 15 is 0 Å². The summed E-state index contributed by atoms with van der Waals surface area (Å²) in [5.74, 6) is 0.515. The van der Waals surface area contributed by atoms with Gasteiger partial charge in [0.1, 0.15) is 6.61 Å². The van der Waals surface area contributed by atoms with Crippen LogP contribution in [0.4, 0.5) is 4.79 Å². The number of halogens is 1. The molecule has 2 aromatic carbocycles. The van der Waals surface area contributed by atoms with Crippen molar-refractivity contribution >= 4 is 18.5 Å². The first kappa shape index (κ1) is 18.7. The van der Waals surface area contributed by atoms with Crippen LogP contribution in [-0.2, 0) is 4.74 Å². The summed E-state index contributed by atoms with van der Waals surface area (Å²) in [4.78, 5) is 14.3. The normalized spacial score (nSPS) is 18.7. The Labute approximate surface area is 160 Å². The number of carbonyl (C=O) groups excluding carboxylic acids is 1. The summed E-state index contributed by atoms with van der Waals surface area (Å²) in [6, 6.07) is 16.8. The van der Waals surface area contributed by atoms with Crippen LogP contribution in [0.25, 0.3) is 11.1 Å². The van der Waals surface area contributed by atoms with Crippen molar-refractivity contribution in [2.24, 2.45) is 11.7 Å². The Morgan fingerprint density at radius 3 is 2.31 bits per heavy atom. The third-order valence-electron chi connectivity index (χ3n) is 5.45. The van der Waals surface area contributed by atoms with Gasteiger partial charge in [0.05, 0.1) is 0 Å². The van der Waals surface area contributed by atoms with Gasteiger partial charge >= 0.3 is 6.09 Å². The highest BCUT2D eigenvalue weighted by Gasteiger charge is 2.30. The average Bonchev–Trinajstić information content (AvgIpc) is 3.00. The summed E-state index contributed by atoms with van der Waals surface area (Å²) in [5, 5.41) is 0. The van der Waals surface area contributed by atoms with Gasteiger partial charge in [0.15, 0.2) is 0 Å². The van der Waals surface area contributed by atoms with E-state index in [2.05, 4.69) is 48.5 Å². The van der Waals surface area contributed by atoms with Gasteiger partial charge in [0.2, 0.25) is 0 Å². The Hall–Kier alpha value is -2.04. The van der Waals surface area contributed by atoms with Crippen LogP contribution in [0.5, 0.6) is 0 Å². The van der Waals surface area contributed by atoms with Gasteiger partial charge < -0.3 is 15.4 Å². The molecule has 4 nitrogen and oxygen atoms in total. The van der Waals surface area contributed by atoms with Crippen molar-refractivity contribution in [1.29, 1.82) is 0 Å². The van der Waals surface area contributed by atoms with Crippen molar-refractivity contribution in [2.45, 2.75) is 18.8 Å². The van der Waals surface area contributed by atoms with Crippen LogP contribution in [0.2, 0.25) is 0 Å². The number of rotatable bonds is 3. The molecule has 1 atom stereocenters. The van der Waals surface area contributed by atoms with Crippen LogP contribution in [0.1, 0.15) is 29.9 Å². The van der Waals surface area contributed by atoms with Gasteiger partial charge in [-0.3, -0.25) is 0 Å². The Balaban J connectivity index is 0.00000196. The Bertz CT molecular complexity index is 735. The molecule has 2 aliphatic rings. The van der Waals surface area contributed by atoms with Crippen molar-refractivity contribution in [3.63, 3.8) is 0 Å². The van der Waals surface area contributed by atoms with E-state index in [1.807, 2.05) is 4.90 Å². The smallest absolute Gasteiger partial charge is 0.409 e. The van der Waals surface area contributed by atoms with E-state index in [9.17, 15) is 4.79 Å². The van der Waals surface area contributed by atoms with Gasteiger partial charge in [-0.1, -0.05) is 48.5 Å². The van der Waals surface area contributed by atoms with E-state index in [0.29, 0.717) is 25.6 Å². The molecule has 1 saturated heterocycles. The lowest BCUT2D eigenvalue weighted by atomic mass is 9.98. The minimum absolute atomic E-state index is 0. The summed E-state index contributed by atoms with van der Waals surface area (Å²) < 4.78 is 5.72. The number of benzene rings is 2. The summed E-state index contributed by atoms with van der Waals surface area (Å²) >= 11 is 0. The quantitative estimate of drug-likeness (QED) is 0.885. The van der Waals surface area contributed by atoms with Crippen molar-refractivity contribution < 1.29 is 9.53 Å². The number of fused-ring (bicyclic) bond motifs is 3. The zero-order chi connectivity index (χ0) is 17.2. The molecule has 2 N–H and O–H groups in total. The number of hydrogen-bond donors (Lipinski definition) is 1. The Morgan fingerprint density at radius 2 is 1.69 bits per heavy atom. The van der Waals surface area contributed by atoms with E-state index in [-0.39, 0.29) is 24.4 Å². The maximum Gasteiger partial charge on any atom is 0.409 e. The summed E-state index contributed by atoms with van der Waals surface area (Å²) in [7, 11) is 0. The monoisotopic (exact) mass is 372 g/mol. The van der Waals surface area contributed by atoms with Gasteiger partial charge in [-0.25, -0.2) is 4.79 Å². The third-order valence-corrected chi connectivity index (χ3v) is 5.45. The fourth-order valence-corrected chi connectivity index (χ4v) is 4.11. The molecule has 0 aromatic heterocycles. The van der Waals surface area contributed by atoms with Crippen LogP contribution >= 0.6 is 12.4 Å². The number of piperidine rings is 1. The minimum Gasteiger partial charge on any atom is -0.448 e. The average molecular weight is 373 g/mol. The first-order valence-electron chi connectivity index (χ1n) is 9.08. The molecule has 1 aliphatic carbocycles. The molecular weight excluding hydrogens is 348 g/mol. The molecule has 1 aliphatic heterocycles. The van der Waals surface area contributed by atoms with E-state index in [1.165, 1.54) is 22.3 Å². The molecule has 1 heterocycles. The van der Waals surface area contributed by atoms with E-state index in [0.717, 1.165) is 19.4 Å². The number of amides is 1. The first-order chi connectivity index (χ1) is 12.3. The second-order valence-electron chi connectivity index (χ2n) is 6.99. The van der Waals surface area contributed by atoms with Crippen LogP contribution < -0.4 is 5.73 Å². The fraction of sp³-hybridized carbons (Fsp3) is 0.381. The predicted octanol–water partition coefficient (Wildman–Crippen LogP) is 4.03. The van der Waals surface area contributed by atoms with Gasteiger partial charge in [0.25, 0.3) is 0 Å². The van der Waals surface area contributed by atoms with Crippen molar-refractivity contribution in [3.8, 4) is 11.1 Å². The molecule has 0 bridgehead atoms. The van der Waals surface area contributed by atoms with Crippen molar-refractivity contribution in [2.75, 3.05) is 26.2 Å². The first-order valence-corrected chi connectivity index (χ1v) is 9.08. The summed E-state index contributed by atoms with van der Waals surface area (Å²) in [6.07, 6.45) is 1.90. The molecule has 0 spiro atoms. The number of carbonyl (C=O) groups is 1. The molecular formula is C21H25ClN2O2. The van der Waals surface area contributed by atoms with Crippen molar-refractivity contribution in [3.05, 3.63) is 59.7 Å². The zero-order valence-electron chi connectivity index (χ0n) is 14.8. The maximum atomic E-state index is 12.5. The lowest BCUT2D eigenvalue weighted by Crippen LogP contribution is -2.42. The van der Waals surface area contributed by atoms with E-state index < -0.39 is 0 Å². The predicted molar refractivity (Wildman–Crippen MR) is 106 cm³/mol.